The monoisotopic (exact) mass is 274 g/mol. The third kappa shape index (κ3) is 2.59. The lowest BCUT2D eigenvalue weighted by molar-refractivity contribution is 0.0451. The van der Waals surface area contributed by atoms with E-state index < -0.39 is 5.97 Å². The quantitative estimate of drug-likeness (QED) is 0.801. The number of imidazole rings is 1. The van der Waals surface area contributed by atoms with Crippen LogP contribution in [0.15, 0.2) is 24.7 Å². The molecule has 0 aliphatic heterocycles. The van der Waals surface area contributed by atoms with Crippen molar-refractivity contribution in [3.8, 4) is 0 Å². The molecule has 6 nitrogen and oxygen atoms in total. The Balaban J connectivity index is 1.61. The fourth-order valence-corrected chi connectivity index (χ4v) is 2.56. The zero-order chi connectivity index (χ0) is 13.9. The first-order chi connectivity index (χ1) is 9.74. The Hall–Kier alpha value is -2.11. The molecule has 1 aliphatic rings. The van der Waals surface area contributed by atoms with Crippen molar-refractivity contribution in [2.75, 3.05) is 0 Å². The van der Waals surface area contributed by atoms with E-state index in [2.05, 4.69) is 10.1 Å². The number of aryl methyl sites for hydroxylation is 1. The lowest BCUT2D eigenvalue weighted by Crippen LogP contribution is -2.11. The molecule has 1 fully saturated rings. The average molecular weight is 274 g/mol. The van der Waals surface area contributed by atoms with Crippen LogP contribution in [0.3, 0.4) is 0 Å². The number of rotatable bonds is 4. The summed E-state index contributed by atoms with van der Waals surface area (Å²) in [6.07, 6.45) is 10.1. The van der Waals surface area contributed by atoms with Crippen LogP contribution in [-0.2, 0) is 18.4 Å². The minimum Gasteiger partial charge on any atom is -0.453 e. The summed E-state index contributed by atoms with van der Waals surface area (Å²) in [6.45, 7) is 0.165. The Bertz CT molecular complexity index is 596. The number of carbonyl (C=O) groups is 1. The Morgan fingerprint density at radius 2 is 2.20 bits per heavy atom. The van der Waals surface area contributed by atoms with Gasteiger partial charge in [-0.2, -0.15) is 5.10 Å². The van der Waals surface area contributed by atoms with E-state index in [9.17, 15) is 4.79 Å². The number of nitrogens with zero attached hydrogens (tertiary/aromatic N) is 4. The summed E-state index contributed by atoms with van der Waals surface area (Å²) in [5.74, 6) is 0.318. The summed E-state index contributed by atoms with van der Waals surface area (Å²) in [5, 5.41) is 4.33. The number of aromatic nitrogens is 4. The van der Waals surface area contributed by atoms with E-state index in [1.807, 2.05) is 28.7 Å². The largest absolute Gasteiger partial charge is 0.453 e. The summed E-state index contributed by atoms with van der Waals surface area (Å²) in [4.78, 5) is 16.1. The predicted octanol–water partition coefficient (Wildman–Crippen LogP) is 2.09. The molecule has 0 radical (unpaired) electrons. The number of hydrogen-bond acceptors (Lipinski definition) is 4. The first kappa shape index (κ1) is 12.9. The van der Waals surface area contributed by atoms with Crippen LogP contribution in [0.4, 0.5) is 0 Å². The van der Waals surface area contributed by atoms with Crippen molar-refractivity contribution >= 4 is 5.97 Å². The molecule has 106 valence electrons. The van der Waals surface area contributed by atoms with Crippen molar-refractivity contribution < 1.29 is 9.53 Å². The molecule has 3 rings (SSSR count). The van der Waals surface area contributed by atoms with Gasteiger partial charge in [0.2, 0.25) is 0 Å². The normalized spacial score (nSPS) is 15.7. The molecule has 1 saturated carbocycles. The highest BCUT2D eigenvalue weighted by molar-refractivity contribution is 5.86. The topological polar surface area (TPSA) is 61.9 Å². The molecule has 2 aromatic heterocycles. The summed E-state index contributed by atoms with van der Waals surface area (Å²) in [7, 11) is 1.87. The number of hydrogen-bond donors (Lipinski definition) is 0. The highest BCUT2D eigenvalue weighted by atomic mass is 16.5. The van der Waals surface area contributed by atoms with Gasteiger partial charge in [-0.25, -0.2) is 9.78 Å². The second kappa shape index (κ2) is 5.48. The smallest absolute Gasteiger partial charge is 0.359 e. The summed E-state index contributed by atoms with van der Waals surface area (Å²) < 4.78 is 8.95. The molecule has 6 heteroatoms. The standard InChI is InChI=1S/C14H18N4O2/c1-17-9-7-15-13(17)10-20-14(19)12-6-8-18(16-12)11-4-2-3-5-11/h6-9,11H,2-5,10H2,1H3. The van der Waals surface area contributed by atoms with Crippen LogP contribution in [0.2, 0.25) is 0 Å². The number of carbonyl (C=O) groups excluding carboxylic acids is 1. The van der Waals surface area contributed by atoms with Gasteiger partial charge >= 0.3 is 5.97 Å². The fourth-order valence-electron chi connectivity index (χ4n) is 2.56. The van der Waals surface area contributed by atoms with Crippen LogP contribution in [0.25, 0.3) is 0 Å². The second-order valence-corrected chi connectivity index (χ2v) is 5.15. The van der Waals surface area contributed by atoms with E-state index in [-0.39, 0.29) is 6.61 Å². The maximum atomic E-state index is 11.9. The number of ether oxygens (including phenoxy) is 1. The molecule has 0 unspecified atom stereocenters. The fraction of sp³-hybridized carbons (Fsp3) is 0.500. The van der Waals surface area contributed by atoms with Gasteiger partial charge in [-0.05, 0) is 18.9 Å². The van der Waals surface area contributed by atoms with E-state index in [1.165, 1.54) is 12.8 Å². The molecule has 0 saturated heterocycles. The van der Waals surface area contributed by atoms with Gasteiger partial charge < -0.3 is 9.30 Å². The third-order valence-electron chi connectivity index (χ3n) is 3.77. The molecule has 0 aromatic carbocycles. The van der Waals surface area contributed by atoms with Crippen LogP contribution in [0, 0.1) is 0 Å². The van der Waals surface area contributed by atoms with Crippen molar-refractivity contribution in [3.63, 3.8) is 0 Å². The molecule has 0 N–H and O–H groups in total. The molecule has 0 atom stereocenters. The minimum atomic E-state index is -0.398. The van der Waals surface area contributed by atoms with Crippen LogP contribution in [0.5, 0.6) is 0 Å². The van der Waals surface area contributed by atoms with Gasteiger partial charge in [0.1, 0.15) is 12.4 Å². The minimum absolute atomic E-state index is 0.165. The molecular formula is C14H18N4O2. The first-order valence-corrected chi connectivity index (χ1v) is 6.92. The van der Waals surface area contributed by atoms with Crippen LogP contribution < -0.4 is 0 Å². The Labute approximate surface area is 117 Å². The summed E-state index contributed by atoms with van der Waals surface area (Å²) in [5.41, 5.74) is 0.367. The van der Waals surface area contributed by atoms with Gasteiger partial charge in [0.25, 0.3) is 0 Å². The van der Waals surface area contributed by atoms with Crippen molar-refractivity contribution in [1.29, 1.82) is 0 Å². The maximum Gasteiger partial charge on any atom is 0.359 e. The Morgan fingerprint density at radius 3 is 2.90 bits per heavy atom. The summed E-state index contributed by atoms with van der Waals surface area (Å²) >= 11 is 0. The first-order valence-electron chi connectivity index (χ1n) is 6.92. The molecule has 2 heterocycles. The predicted molar refractivity (Wildman–Crippen MR) is 72.1 cm³/mol. The highest BCUT2D eigenvalue weighted by Crippen LogP contribution is 2.28. The lowest BCUT2D eigenvalue weighted by Gasteiger charge is -2.08. The Kier molecular flexibility index (Phi) is 3.54. The lowest BCUT2D eigenvalue weighted by atomic mass is 10.3. The van der Waals surface area contributed by atoms with E-state index in [4.69, 9.17) is 4.74 Å². The molecule has 1 aliphatic carbocycles. The van der Waals surface area contributed by atoms with Crippen LogP contribution in [0.1, 0.15) is 48.0 Å². The van der Waals surface area contributed by atoms with Crippen molar-refractivity contribution in [2.24, 2.45) is 7.05 Å². The Morgan fingerprint density at radius 1 is 1.40 bits per heavy atom. The highest BCUT2D eigenvalue weighted by Gasteiger charge is 2.19. The molecule has 2 aromatic rings. The van der Waals surface area contributed by atoms with Crippen LogP contribution >= 0.6 is 0 Å². The molecule has 0 bridgehead atoms. The zero-order valence-electron chi connectivity index (χ0n) is 11.5. The molecule has 0 spiro atoms. The SMILES string of the molecule is Cn1ccnc1COC(=O)c1ccn(C2CCCC2)n1. The third-order valence-corrected chi connectivity index (χ3v) is 3.77. The van der Waals surface area contributed by atoms with Crippen molar-refractivity contribution in [3.05, 3.63) is 36.2 Å². The molecule has 0 amide bonds. The van der Waals surface area contributed by atoms with Gasteiger partial charge in [-0.1, -0.05) is 12.8 Å². The van der Waals surface area contributed by atoms with Gasteiger partial charge in [0.15, 0.2) is 5.69 Å². The second-order valence-electron chi connectivity index (χ2n) is 5.15. The molecular weight excluding hydrogens is 256 g/mol. The van der Waals surface area contributed by atoms with E-state index in [0.29, 0.717) is 17.6 Å². The van der Waals surface area contributed by atoms with Gasteiger partial charge in [0.05, 0.1) is 6.04 Å². The van der Waals surface area contributed by atoms with E-state index in [0.717, 1.165) is 12.8 Å². The van der Waals surface area contributed by atoms with Crippen molar-refractivity contribution in [2.45, 2.75) is 38.3 Å². The number of esters is 1. The van der Waals surface area contributed by atoms with Crippen molar-refractivity contribution in [1.82, 2.24) is 19.3 Å². The van der Waals surface area contributed by atoms with Gasteiger partial charge in [0, 0.05) is 25.6 Å². The van der Waals surface area contributed by atoms with Crippen LogP contribution in [-0.4, -0.2) is 25.3 Å². The average Bonchev–Trinajstić information content (AvgIpc) is 3.17. The van der Waals surface area contributed by atoms with Gasteiger partial charge in [-0.3, -0.25) is 4.68 Å². The van der Waals surface area contributed by atoms with Gasteiger partial charge in [-0.15, -0.1) is 0 Å². The maximum absolute atomic E-state index is 11.9. The summed E-state index contributed by atoms with van der Waals surface area (Å²) in [6, 6.07) is 2.16. The van der Waals surface area contributed by atoms with E-state index in [1.54, 1.807) is 12.3 Å². The zero-order valence-corrected chi connectivity index (χ0v) is 11.5. The van der Waals surface area contributed by atoms with E-state index >= 15 is 0 Å². The molecule has 20 heavy (non-hydrogen) atoms.